The van der Waals surface area contributed by atoms with E-state index in [1.54, 1.807) is 21.1 Å². The van der Waals surface area contributed by atoms with Crippen LogP contribution in [0.4, 0.5) is 0 Å². The van der Waals surface area contributed by atoms with Crippen LogP contribution in [-0.2, 0) is 27.5 Å². The lowest BCUT2D eigenvalue weighted by molar-refractivity contribution is 0.00672. The fourth-order valence-electron chi connectivity index (χ4n) is 2.99. The number of nitrogens with zero attached hydrogens (tertiary/aromatic N) is 1. The van der Waals surface area contributed by atoms with Crippen molar-refractivity contribution >= 4 is 10.4 Å². The van der Waals surface area contributed by atoms with Crippen molar-refractivity contribution in [3.8, 4) is 11.5 Å². The van der Waals surface area contributed by atoms with Gasteiger partial charge in [0.25, 0.3) is 0 Å². The highest BCUT2D eigenvalue weighted by Crippen LogP contribution is 2.33. The van der Waals surface area contributed by atoms with E-state index in [1.165, 1.54) is 0 Å². The maximum absolute atomic E-state index is 11.0. The number of aliphatic hydroxyl groups is 1. The van der Waals surface area contributed by atoms with E-state index in [9.17, 15) is 13.5 Å². The fraction of sp³-hybridized carbons (Fsp3) is 0.625. The number of benzene rings is 1. The third kappa shape index (κ3) is 5.29. The zero-order valence-corrected chi connectivity index (χ0v) is 15.5. The van der Waals surface area contributed by atoms with Crippen molar-refractivity contribution in [2.75, 3.05) is 27.3 Å². The Labute approximate surface area is 148 Å². The normalized spacial score (nSPS) is 17.6. The summed E-state index contributed by atoms with van der Waals surface area (Å²) in [4.78, 5) is 1.98. The number of fused-ring (bicyclic) bond motifs is 1. The first-order valence-electron chi connectivity index (χ1n) is 8.07. The molecule has 9 heteroatoms. The van der Waals surface area contributed by atoms with Gasteiger partial charge in [0, 0.05) is 19.6 Å². The quantitative estimate of drug-likeness (QED) is 0.649. The molecule has 0 radical (unpaired) electrons. The maximum atomic E-state index is 11.0. The number of methoxy groups -OCH3 is 2. The van der Waals surface area contributed by atoms with Crippen LogP contribution < -0.4 is 9.47 Å². The van der Waals surface area contributed by atoms with Gasteiger partial charge in [-0.05, 0) is 36.1 Å². The van der Waals surface area contributed by atoms with Crippen LogP contribution in [0.25, 0.3) is 0 Å². The van der Waals surface area contributed by atoms with E-state index in [4.69, 9.17) is 14.0 Å². The van der Waals surface area contributed by atoms with Gasteiger partial charge in [-0.15, -0.1) is 0 Å². The highest BCUT2D eigenvalue weighted by Gasteiger charge is 2.28. The second-order valence-corrected chi connectivity index (χ2v) is 7.05. The molecular formula is C16H25NO7S. The van der Waals surface area contributed by atoms with Crippen LogP contribution in [0.15, 0.2) is 12.1 Å². The predicted molar refractivity (Wildman–Crippen MR) is 91.2 cm³/mol. The van der Waals surface area contributed by atoms with Gasteiger partial charge in [0.1, 0.15) is 6.10 Å². The Morgan fingerprint density at radius 3 is 2.32 bits per heavy atom. The molecule has 0 saturated heterocycles. The molecule has 0 saturated carbocycles. The standard InChI is InChI=1S/C16H25NO7S/c1-4-13(18)16(24-25(19,20)21)10-17-6-5-11-7-14(22-2)15(23-3)8-12(11)9-17/h7-8,13,16,18H,4-6,9-10H2,1-3H3,(H,19,20,21). The molecule has 1 aliphatic heterocycles. The molecule has 0 fully saturated rings. The third-order valence-electron chi connectivity index (χ3n) is 4.33. The molecule has 1 aliphatic rings. The van der Waals surface area contributed by atoms with Gasteiger partial charge >= 0.3 is 10.4 Å². The van der Waals surface area contributed by atoms with Gasteiger partial charge in [-0.1, -0.05) is 6.92 Å². The highest BCUT2D eigenvalue weighted by molar-refractivity contribution is 7.80. The summed E-state index contributed by atoms with van der Waals surface area (Å²) in [6, 6.07) is 3.84. The Morgan fingerprint density at radius 2 is 1.80 bits per heavy atom. The summed E-state index contributed by atoms with van der Waals surface area (Å²) < 4.78 is 46.3. The van der Waals surface area contributed by atoms with E-state index in [0.29, 0.717) is 31.0 Å². The Morgan fingerprint density at radius 1 is 1.20 bits per heavy atom. The Kier molecular flexibility index (Phi) is 6.64. The molecule has 8 nitrogen and oxygen atoms in total. The number of aliphatic hydroxyl groups excluding tert-OH is 1. The molecule has 0 bridgehead atoms. The molecule has 2 atom stereocenters. The summed E-state index contributed by atoms with van der Waals surface area (Å²) in [7, 11) is -1.48. The lowest BCUT2D eigenvalue weighted by atomic mass is 9.98. The molecule has 2 unspecified atom stereocenters. The molecule has 1 aromatic rings. The van der Waals surface area contributed by atoms with Crippen LogP contribution in [0.2, 0.25) is 0 Å². The first-order valence-corrected chi connectivity index (χ1v) is 9.43. The van der Waals surface area contributed by atoms with Gasteiger partial charge < -0.3 is 14.6 Å². The molecule has 25 heavy (non-hydrogen) atoms. The van der Waals surface area contributed by atoms with Gasteiger partial charge in [-0.2, -0.15) is 8.42 Å². The van der Waals surface area contributed by atoms with E-state index in [-0.39, 0.29) is 6.54 Å². The molecule has 1 heterocycles. The summed E-state index contributed by atoms with van der Waals surface area (Å²) in [6.07, 6.45) is -0.956. The summed E-state index contributed by atoms with van der Waals surface area (Å²) >= 11 is 0. The van der Waals surface area contributed by atoms with E-state index in [2.05, 4.69) is 4.18 Å². The van der Waals surface area contributed by atoms with Gasteiger partial charge in [0.2, 0.25) is 0 Å². The number of rotatable bonds is 8. The third-order valence-corrected chi connectivity index (χ3v) is 4.82. The van der Waals surface area contributed by atoms with Crippen LogP contribution in [0.5, 0.6) is 11.5 Å². The Bertz CT molecular complexity index is 692. The van der Waals surface area contributed by atoms with Crippen molar-refractivity contribution in [2.45, 2.75) is 38.5 Å². The van der Waals surface area contributed by atoms with Crippen molar-refractivity contribution in [3.63, 3.8) is 0 Å². The fourth-order valence-corrected chi connectivity index (χ4v) is 3.49. The minimum Gasteiger partial charge on any atom is -0.493 e. The smallest absolute Gasteiger partial charge is 0.397 e. The van der Waals surface area contributed by atoms with E-state index in [0.717, 1.165) is 17.5 Å². The SMILES string of the molecule is CCC(O)C(CN1CCc2cc(OC)c(OC)cc2C1)OS(=O)(=O)O. The Hall–Kier alpha value is -1.39. The summed E-state index contributed by atoms with van der Waals surface area (Å²) in [5.41, 5.74) is 2.18. The van der Waals surface area contributed by atoms with Gasteiger partial charge in [-0.3, -0.25) is 9.45 Å². The first-order chi connectivity index (χ1) is 11.8. The number of hydrogen-bond donors (Lipinski definition) is 2. The van der Waals surface area contributed by atoms with Crippen molar-refractivity contribution in [2.24, 2.45) is 0 Å². The first kappa shape index (κ1) is 19.9. The number of hydrogen-bond acceptors (Lipinski definition) is 7. The second kappa shape index (κ2) is 8.33. The molecule has 142 valence electrons. The second-order valence-electron chi connectivity index (χ2n) is 6.00. The van der Waals surface area contributed by atoms with Crippen molar-refractivity contribution in [1.82, 2.24) is 4.90 Å². The van der Waals surface area contributed by atoms with E-state index in [1.807, 2.05) is 17.0 Å². The number of ether oxygens (including phenoxy) is 2. The summed E-state index contributed by atoms with van der Waals surface area (Å²) in [6.45, 7) is 3.12. The van der Waals surface area contributed by atoms with E-state index < -0.39 is 22.6 Å². The summed E-state index contributed by atoms with van der Waals surface area (Å²) in [5, 5.41) is 9.99. The average Bonchev–Trinajstić information content (AvgIpc) is 2.57. The van der Waals surface area contributed by atoms with Crippen LogP contribution >= 0.6 is 0 Å². The van der Waals surface area contributed by atoms with Gasteiger partial charge in [0.15, 0.2) is 11.5 Å². The molecule has 0 amide bonds. The molecule has 0 aromatic heterocycles. The summed E-state index contributed by atoms with van der Waals surface area (Å²) in [5.74, 6) is 1.30. The van der Waals surface area contributed by atoms with Crippen LogP contribution in [0.1, 0.15) is 24.5 Å². The van der Waals surface area contributed by atoms with Crippen LogP contribution in [-0.4, -0.2) is 62.5 Å². The van der Waals surface area contributed by atoms with Crippen molar-refractivity contribution in [3.05, 3.63) is 23.3 Å². The van der Waals surface area contributed by atoms with Crippen LogP contribution in [0, 0.1) is 0 Å². The molecule has 1 aromatic carbocycles. The van der Waals surface area contributed by atoms with Crippen molar-refractivity contribution in [1.29, 1.82) is 0 Å². The van der Waals surface area contributed by atoms with Crippen LogP contribution in [0.3, 0.4) is 0 Å². The van der Waals surface area contributed by atoms with Gasteiger partial charge in [0.05, 0.1) is 20.3 Å². The van der Waals surface area contributed by atoms with E-state index >= 15 is 0 Å². The predicted octanol–water partition coefficient (Wildman–Crippen LogP) is 1.02. The molecule has 0 aliphatic carbocycles. The lowest BCUT2D eigenvalue weighted by Gasteiger charge is -2.33. The zero-order valence-electron chi connectivity index (χ0n) is 14.6. The zero-order chi connectivity index (χ0) is 18.6. The van der Waals surface area contributed by atoms with Gasteiger partial charge in [-0.25, -0.2) is 4.18 Å². The topological polar surface area (TPSA) is 106 Å². The average molecular weight is 375 g/mol. The molecular weight excluding hydrogens is 350 g/mol. The molecule has 0 spiro atoms. The monoisotopic (exact) mass is 375 g/mol. The molecule has 2 rings (SSSR count). The maximum Gasteiger partial charge on any atom is 0.397 e. The minimum absolute atomic E-state index is 0.183. The van der Waals surface area contributed by atoms with Crippen molar-refractivity contribution < 1.29 is 31.7 Å². The largest absolute Gasteiger partial charge is 0.493 e. The highest BCUT2D eigenvalue weighted by atomic mass is 32.3. The minimum atomic E-state index is -4.63. The molecule has 2 N–H and O–H groups in total. The lowest BCUT2D eigenvalue weighted by Crippen LogP contribution is -2.43. The Balaban J connectivity index is 2.15.